The van der Waals surface area contributed by atoms with Crippen molar-refractivity contribution in [2.24, 2.45) is 16.7 Å². The van der Waals surface area contributed by atoms with Crippen LogP contribution < -0.4 is 0 Å². The number of Topliss-reactive ketones (excluding diaryl/α,β-unsaturated/α-hetero) is 1. The summed E-state index contributed by atoms with van der Waals surface area (Å²) in [7, 11) is 0. The molecule has 4 N–H and O–H groups in total. The molecule has 0 heterocycles. The molecule has 0 aliphatic heterocycles. The smallest absolute Gasteiger partial charge is 0.320 e. The summed E-state index contributed by atoms with van der Waals surface area (Å²) in [4.78, 5) is 23.5. The third kappa shape index (κ3) is 3.82. The van der Waals surface area contributed by atoms with Crippen molar-refractivity contribution in [3.05, 3.63) is 12.2 Å². The number of carboxylic acid groups (broad SMARTS) is 1. The molecular formula is C17H28O6. The van der Waals surface area contributed by atoms with Gasteiger partial charge in [0, 0.05) is 12.3 Å². The summed E-state index contributed by atoms with van der Waals surface area (Å²) < 4.78 is 0. The standard InChI is InChI=1S/C17H28O6/c1-4-5-8-16(2,3)13(20)7-6-11-12(19)9-14(21)17(11,10-18)15(22)23/h6-7,11-13,18-20H,4-5,8-10H2,1-3H3,(H,22,23)/b7-6+/t11-,12+,13-,17?/m0/s1. The van der Waals surface area contributed by atoms with Gasteiger partial charge in [-0.15, -0.1) is 0 Å². The quantitative estimate of drug-likeness (QED) is 0.392. The van der Waals surface area contributed by atoms with Crippen LogP contribution in [0.2, 0.25) is 0 Å². The molecule has 1 fully saturated rings. The fraction of sp³-hybridized carbons (Fsp3) is 0.765. The van der Waals surface area contributed by atoms with Gasteiger partial charge in [0.1, 0.15) is 0 Å². The summed E-state index contributed by atoms with van der Waals surface area (Å²) in [6.45, 7) is 5.00. The predicted molar refractivity (Wildman–Crippen MR) is 84.7 cm³/mol. The van der Waals surface area contributed by atoms with Crippen LogP contribution in [0, 0.1) is 16.7 Å². The summed E-state index contributed by atoms with van der Waals surface area (Å²) >= 11 is 0. The van der Waals surface area contributed by atoms with E-state index in [9.17, 15) is 30.0 Å². The Morgan fingerprint density at radius 1 is 1.48 bits per heavy atom. The SMILES string of the molecule is CCCCC(C)(C)[C@@H](O)/C=C/[C@H]1[C@H](O)CC(=O)C1(CO)C(=O)O. The molecule has 0 amide bonds. The van der Waals surface area contributed by atoms with E-state index in [1.165, 1.54) is 12.2 Å². The molecule has 0 radical (unpaired) electrons. The molecule has 1 unspecified atom stereocenters. The van der Waals surface area contributed by atoms with Gasteiger partial charge in [-0.3, -0.25) is 9.59 Å². The van der Waals surface area contributed by atoms with E-state index < -0.39 is 47.3 Å². The fourth-order valence-electron chi connectivity index (χ4n) is 3.09. The molecule has 0 aromatic carbocycles. The zero-order valence-electron chi connectivity index (χ0n) is 14.0. The average Bonchev–Trinajstić information content (AvgIpc) is 2.73. The van der Waals surface area contributed by atoms with Crippen LogP contribution in [0.5, 0.6) is 0 Å². The number of aliphatic hydroxyl groups excluding tert-OH is 3. The Kier molecular flexibility index (Phi) is 6.50. The van der Waals surface area contributed by atoms with Crippen LogP contribution in [-0.2, 0) is 9.59 Å². The number of rotatable bonds is 8. The average molecular weight is 328 g/mol. The van der Waals surface area contributed by atoms with Crippen molar-refractivity contribution in [3.8, 4) is 0 Å². The lowest BCUT2D eigenvalue weighted by atomic mass is 9.75. The highest BCUT2D eigenvalue weighted by Gasteiger charge is 2.58. The molecule has 1 aliphatic rings. The Labute approximate surface area is 136 Å². The zero-order valence-corrected chi connectivity index (χ0v) is 14.0. The number of carbonyl (C=O) groups excluding carboxylic acids is 1. The van der Waals surface area contributed by atoms with E-state index in [2.05, 4.69) is 6.92 Å². The fourth-order valence-corrected chi connectivity index (χ4v) is 3.09. The summed E-state index contributed by atoms with van der Waals surface area (Å²) in [6.07, 6.45) is 3.26. The highest BCUT2D eigenvalue weighted by atomic mass is 16.4. The van der Waals surface area contributed by atoms with Crippen molar-refractivity contribution in [1.29, 1.82) is 0 Å². The molecule has 0 saturated heterocycles. The first-order valence-electron chi connectivity index (χ1n) is 8.05. The van der Waals surface area contributed by atoms with Crippen LogP contribution in [0.15, 0.2) is 12.2 Å². The van der Waals surface area contributed by atoms with E-state index in [-0.39, 0.29) is 6.42 Å². The van der Waals surface area contributed by atoms with Crippen molar-refractivity contribution in [3.63, 3.8) is 0 Å². The van der Waals surface area contributed by atoms with Gasteiger partial charge in [-0.1, -0.05) is 45.8 Å². The minimum Gasteiger partial charge on any atom is -0.480 e. The molecule has 6 heteroatoms. The lowest BCUT2D eigenvalue weighted by Gasteiger charge is -2.30. The van der Waals surface area contributed by atoms with Crippen LogP contribution in [0.1, 0.15) is 46.5 Å². The van der Waals surface area contributed by atoms with Crippen LogP contribution in [0.4, 0.5) is 0 Å². The maximum atomic E-state index is 12.0. The summed E-state index contributed by atoms with van der Waals surface area (Å²) in [5.41, 5.74) is -2.42. The Balaban J connectivity index is 3.00. The van der Waals surface area contributed by atoms with Crippen LogP contribution in [0.25, 0.3) is 0 Å². The third-order valence-electron chi connectivity index (χ3n) is 4.98. The van der Waals surface area contributed by atoms with E-state index in [4.69, 9.17) is 0 Å². The van der Waals surface area contributed by atoms with Crippen molar-refractivity contribution in [2.45, 2.75) is 58.7 Å². The third-order valence-corrected chi connectivity index (χ3v) is 4.98. The second-order valence-corrected chi connectivity index (χ2v) is 7.08. The Morgan fingerprint density at radius 2 is 2.09 bits per heavy atom. The minimum atomic E-state index is -2.02. The van der Waals surface area contributed by atoms with E-state index >= 15 is 0 Å². The molecule has 1 rings (SSSR count). The molecule has 132 valence electrons. The first kappa shape index (κ1) is 19.8. The molecule has 0 spiro atoms. The second kappa shape index (κ2) is 7.55. The van der Waals surface area contributed by atoms with Gasteiger partial charge in [0.25, 0.3) is 0 Å². The lowest BCUT2D eigenvalue weighted by molar-refractivity contribution is -0.158. The number of hydrogen-bond acceptors (Lipinski definition) is 5. The van der Waals surface area contributed by atoms with Crippen molar-refractivity contribution < 1.29 is 30.0 Å². The van der Waals surface area contributed by atoms with Crippen molar-refractivity contribution in [2.75, 3.05) is 6.61 Å². The molecule has 0 aromatic rings. The summed E-state index contributed by atoms with van der Waals surface area (Å²) in [5.74, 6) is -3.18. The molecule has 1 aliphatic carbocycles. The first-order chi connectivity index (χ1) is 10.6. The van der Waals surface area contributed by atoms with E-state index in [1.54, 1.807) is 0 Å². The number of hydrogen-bond donors (Lipinski definition) is 4. The summed E-state index contributed by atoms with van der Waals surface area (Å²) in [6, 6.07) is 0. The molecule has 23 heavy (non-hydrogen) atoms. The maximum Gasteiger partial charge on any atom is 0.320 e. The van der Waals surface area contributed by atoms with Crippen molar-refractivity contribution >= 4 is 11.8 Å². The van der Waals surface area contributed by atoms with Gasteiger partial charge in [0.05, 0.1) is 18.8 Å². The zero-order chi connectivity index (χ0) is 17.8. The van der Waals surface area contributed by atoms with Gasteiger partial charge in [0.15, 0.2) is 11.2 Å². The number of unbranched alkanes of at least 4 members (excludes halogenated alkanes) is 1. The molecule has 4 atom stereocenters. The topological polar surface area (TPSA) is 115 Å². The predicted octanol–water partition coefficient (Wildman–Crippen LogP) is 1.13. The monoisotopic (exact) mass is 328 g/mol. The van der Waals surface area contributed by atoms with E-state index in [0.717, 1.165) is 19.3 Å². The van der Waals surface area contributed by atoms with E-state index in [1.807, 2.05) is 13.8 Å². The number of aliphatic carboxylic acids is 1. The van der Waals surface area contributed by atoms with Gasteiger partial charge in [-0.05, 0) is 11.8 Å². The highest BCUT2D eigenvalue weighted by molar-refractivity contribution is 6.06. The largest absolute Gasteiger partial charge is 0.480 e. The molecule has 1 saturated carbocycles. The van der Waals surface area contributed by atoms with Crippen LogP contribution in [0.3, 0.4) is 0 Å². The molecule has 6 nitrogen and oxygen atoms in total. The Morgan fingerprint density at radius 3 is 2.57 bits per heavy atom. The van der Waals surface area contributed by atoms with Crippen LogP contribution >= 0.6 is 0 Å². The molecule has 0 bridgehead atoms. The lowest BCUT2D eigenvalue weighted by Crippen LogP contribution is -2.45. The van der Waals surface area contributed by atoms with Gasteiger partial charge >= 0.3 is 5.97 Å². The van der Waals surface area contributed by atoms with Gasteiger partial charge in [-0.2, -0.15) is 0 Å². The first-order valence-corrected chi connectivity index (χ1v) is 8.05. The van der Waals surface area contributed by atoms with Gasteiger partial charge in [-0.25, -0.2) is 0 Å². The normalized spacial score (nSPS) is 30.1. The Hall–Kier alpha value is -1.24. The number of carbonyl (C=O) groups is 2. The van der Waals surface area contributed by atoms with Crippen molar-refractivity contribution in [1.82, 2.24) is 0 Å². The van der Waals surface area contributed by atoms with Crippen LogP contribution in [-0.4, -0.2) is 51.0 Å². The highest BCUT2D eigenvalue weighted by Crippen LogP contribution is 2.42. The van der Waals surface area contributed by atoms with Gasteiger partial charge in [0.2, 0.25) is 0 Å². The minimum absolute atomic E-state index is 0.308. The maximum absolute atomic E-state index is 12.0. The summed E-state index contributed by atoms with van der Waals surface area (Å²) in [5, 5.41) is 39.2. The second-order valence-electron chi connectivity index (χ2n) is 7.08. The van der Waals surface area contributed by atoms with Gasteiger partial charge < -0.3 is 20.4 Å². The molecular weight excluding hydrogens is 300 g/mol. The number of carboxylic acids is 1. The van der Waals surface area contributed by atoms with E-state index in [0.29, 0.717) is 0 Å². The number of ketones is 1. The molecule has 0 aromatic heterocycles. The Bertz CT molecular complexity index is 470. The number of aliphatic hydroxyl groups is 3.